The van der Waals surface area contributed by atoms with Crippen LogP contribution >= 0.6 is 11.3 Å². The van der Waals surface area contributed by atoms with E-state index in [-0.39, 0.29) is 22.6 Å². The fourth-order valence-electron chi connectivity index (χ4n) is 3.12. The molecule has 29 heavy (non-hydrogen) atoms. The van der Waals surface area contributed by atoms with E-state index in [1.54, 1.807) is 22.4 Å². The van der Waals surface area contributed by atoms with Crippen molar-refractivity contribution in [3.8, 4) is 0 Å². The third-order valence-electron chi connectivity index (χ3n) is 4.85. The number of nitrogens with zero attached hydrogens (tertiary/aromatic N) is 5. The number of anilines is 1. The lowest BCUT2D eigenvalue weighted by Crippen LogP contribution is -2.51. The zero-order chi connectivity index (χ0) is 21.2. The maximum absolute atomic E-state index is 12.6. The molecule has 8 nitrogen and oxygen atoms in total. The topological polar surface area (TPSA) is 86.7 Å². The first-order valence-corrected chi connectivity index (χ1v) is 11.9. The summed E-state index contributed by atoms with van der Waals surface area (Å²) in [6.45, 7) is 8.30. The third-order valence-corrected chi connectivity index (χ3v) is 8.02. The number of amides is 1. The molecule has 0 saturated carbocycles. The summed E-state index contributed by atoms with van der Waals surface area (Å²) in [6.07, 6.45) is 0. The molecular formula is C19H27N5O3S2. The van der Waals surface area contributed by atoms with Gasteiger partial charge in [-0.25, -0.2) is 18.4 Å². The first-order chi connectivity index (χ1) is 13.7. The van der Waals surface area contributed by atoms with Crippen molar-refractivity contribution in [1.29, 1.82) is 0 Å². The summed E-state index contributed by atoms with van der Waals surface area (Å²) in [5.74, 6) is 1.76. The molecule has 0 radical (unpaired) electrons. The van der Waals surface area contributed by atoms with Gasteiger partial charge in [0.25, 0.3) is 10.0 Å². The fourth-order valence-corrected chi connectivity index (χ4v) is 5.44. The molecule has 1 fully saturated rings. The highest BCUT2D eigenvalue weighted by Gasteiger charge is 2.28. The van der Waals surface area contributed by atoms with Crippen LogP contribution in [0.15, 0.2) is 27.8 Å². The summed E-state index contributed by atoms with van der Waals surface area (Å²) in [5, 5.41) is 1.71. The number of carbonyl (C=O) groups is 1. The molecule has 0 N–H and O–H groups in total. The van der Waals surface area contributed by atoms with E-state index in [1.165, 1.54) is 7.05 Å². The molecule has 158 valence electrons. The number of thiophene rings is 1. The number of aryl methyl sites for hydroxylation is 1. The van der Waals surface area contributed by atoms with Crippen LogP contribution in [-0.4, -0.2) is 73.3 Å². The first kappa shape index (κ1) is 21.7. The zero-order valence-corrected chi connectivity index (χ0v) is 18.8. The maximum Gasteiger partial charge on any atom is 0.252 e. The standard InChI is InChI=1S/C19H27N5O3S2/c1-14(2)19-20-15(3)12-16(21-19)23-7-9-24(10-8-23)17(25)13-22(4)29(26,27)18-6-5-11-28-18/h5-6,11-12,14H,7-10,13H2,1-4H3. The molecule has 2 aromatic rings. The minimum absolute atomic E-state index is 0.162. The zero-order valence-electron chi connectivity index (χ0n) is 17.2. The Morgan fingerprint density at radius 1 is 1.24 bits per heavy atom. The van der Waals surface area contributed by atoms with Gasteiger partial charge in [0.1, 0.15) is 15.9 Å². The summed E-state index contributed by atoms with van der Waals surface area (Å²) in [6, 6.07) is 5.20. The van der Waals surface area contributed by atoms with Gasteiger partial charge in [-0.2, -0.15) is 4.31 Å². The Bertz CT molecular complexity index is 952. The summed E-state index contributed by atoms with van der Waals surface area (Å²) in [7, 11) is -2.18. The molecule has 0 spiro atoms. The molecule has 0 bridgehead atoms. The van der Waals surface area contributed by atoms with E-state index in [1.807, 2.05) is 13.0 Å². The lowest BCUT2D eigenvalue weighted by molar-refractivity contribution is -0.131. The van der Waals surface area contributed by atoms with Crippen molar-refractivity contribution in [3.05, 3.63) is 35.1 Å². The molecule has 3 heterocycles. The van der Waals surface area contributed by atoms with Gasteiger partial charge < -0.3 is 9.80 Å². The van der Waals surface area contributed by atoms with Crippen molar-refractivity contribution in [2.45, 2.75) is 30.9 Å². The summed E-state index contributed by atoms with van der Waals surface area (Å²) in [5.41, 5.74) is 0.928. The number of likely N-dealkylation sites (N-methyl/N-ethyl adjacent to an activating group) is 1. The van der Waals surface area contributed by atoms with Gasteiger partial charge in [-0.05, 0) is 18.4 Å². The van der Waals surface area contributed by atoms with Crippen molar-refractivity contribution in [3.63, 3.8) is 0 Å². The molecule has 1 aliphatic heterocycles. The van der Waals surface area contributed by atoms with Crippen LogP contribution in [0.4, 0.5) is 5.82 Å². The van der Waals surface area contributed by atoms with Crippen LogP contribution in [0.25, 0.3) is 0 Å². The highest BCUT2D eigenvalue weighted by Crippen LogP contribution is 2.21. The molecule has 0 atom stereocenters. The highest BCUT2D eigenvalue weighted by atomic mass is 32.2. The molecule has 2 aromatic heterocycles. The second-order valence-corrected chi connectivity index (χ2v) is 10.7. The van der Waals surface area contributed by atoms with Crippen molar-refractivity contribution in [2.24, 2.45) is 0 Å². The van der Waals surface area contributed by atoms with Gasteiger partial charge in [0, 0.05) is 50.9 Å². The molecule has 1 aliphatic rings. The van der Waals surface area contributed by atoms with Crippen LogP contribution in [0.1, 0.15) is 31.3 Å². The number of aromatic nitrogens is 2. The van der Waals surface area contributed by atoms with Crippen LogP contribution in [0.5, 0.6) is 0 Å². The fraction of sp³-hybridized carbons (Fsp3) is 0.526. The molecule has 0 aromatic carbocycles. The van der Waals surface area contributed by atoms with Crippen LogP contribution < -0.4 is 4.90 Å². The number of hydrogen-bond donors (Lipinski definition) is 0. The van der Waals surface area contributed by atoms with Gasteiger partial charge in [-0.3, -0.25) is 4.79 Å². The Hall–Kier alpha value is -2.04. The van der Waals surface area contributed by atoms with E-state index in [4.69, 9.17) is 0 Å². The van der Waals surface area contributed by atoms with Gasteiger partial charge in [0.15, 0.2) is 0 Å². The smallest absolute Gasteiger partial charge is 0.252 e. The van der Waals surface area contributed by atoms with Gasteiger partial charge in [-0.15, -0.1) is 11.3 Å². The van der Waals surface area contributed by atoms with E-state index < -0.39 is 10.0 Å². The number of carbonyl (C=O) groups excluding carboxylic acids is 1. The summed E-state index contributed by atoms with van der Waals surface area (Å²) < 4.78 is 26.4. The molecule has 0 unspecified atom stereocenters. The lowest BCUT2D eigenvalue weighted by Gasteiger charge is -2.36. The number of rotatable bonds is 6. The van der Waals surface area contributed by atoms with Crippen molar-refractivity contribution >= 4 is 33.1 Å². The minimum atomic E-state index is -3.62. The van der Waals surface area contributed by atoms with Gasteiger partial charge in [0.05, 0.1) is 6.54 Å². The van der Waals surface area contributed by atoms with Crippen LogP contribution in [-0.2, 0) is 14.8 Å². The second kappa shape index (κ2) is 8.76. The highest BCUT2D eigenvalue weighted by molar-refractivity contribution is 7.91. The van der Waals surface area contributed by atoms with E-state index in [2.05, 4.69) is 28.7 Å². The minimum Gasteiger partial charge on any atom is -0.353 e. The molecule has 0 aliphatic carbocycles. The van der Waals surface area contributed by atoms with Gasteiger partial charge >= 0.3 is 0 Å². The first-order valence-electron chi connectivity index (χ1n) is 9.56. The van der Waals surface area contributed by atoms with Crippen LogP contribution in [0.2, 0.25) is 0 Å². The predicted octanol–water partition coefficient (Wildman–Crippen LogP) is 1.94. The number of piperazine rings is 1. The Morgan fingerprint density at radius 3 is 2.52 bits per heavy atom. The summed E-state index contributed by atoms with van der Waals surface area (Å²) in [4.78, 5) is 25.7. The number of sulfonamides is 1. The van der Waals surface area contributed by atoms with E-state index in [0.717, 1.165) is 33.0 Å². The number of hydrogen-bond acceptors (Lipinski definition) is 7. The molecule has 10 heteroatoms. The van der Waals surface area contributed by atoms with E-state index in [9.17, 15) is 13.2 Å². The van der Waals surface area contributed by atoms with E-state index in [0.29, 0.717) is 26.2 Å². The molecule has 1 saturated heterocycles. The normalized spacial score (nSPS) is 15.4. The Balaban J connectivity index is 1.60. The third kappa shape index (κ3) is 4.93. The lowest BCUT2D eigenvalue weighted by atomic mass is 10.2. The van der Waals surface area contributed by atoms with Crippen molar-refractivity contribution in [2.75, 3.05) is 44.7 Å². The van der Waals surface area contributed by atoms with Gasteiger partial charge in [-0.1, -0.05) is 19.9 Å². The van der Waals surface area contributed by atoms with E-state index >= 15 is 0 Å². The Morgan fingerprint density at radius 2 is 1.93 bits per heavy atom. The Labute approximate surface area is 176 Å². The Kier molecular flexibility index (Phi) is 6.55. The van der Waals surface area contributed by atoms with Crippen molar-refractivity contribution in [1.82, 2.24) is 19.2 Å². The molecule has 3 rings (SSSR count). The SMILES string of the molecule is Cc1cc(N2CCN(C(=O)CN(C)S(=O)(=O)c3cccs3)CC2)nc(C(C)C)n1. The largest absolute Gasteiger partial charge is 0.353 e. The average molecular weight is 438 g/mol. The second-order valence-electron chi connectivity index (χ2n) is 7.44. The summed E-state index contributed by atoms with van der Waals surface area (Å²) >= 11 is 1.15. The van der Waals surface area contributed by atoms with Crippen LogP contribution in [0, 0.1) is 6.92 Å². The predicted molar refractivity (Wildman–Crippen MR) is 114 cm³/mol. The quantitative estimate of drug-likeness (QED) is 0.686. The van der Waals surface area contributed by atoms with Crippen LogP contribution in [0.3, 0.4) is 0 Å². The van der Waals surface area contributed by atoms with Gasteiger partial charge in [0.2, 0.25) is 5.91 Å². The molecular weight excluding hydrogens is 410 g/mol. The average Bonchev–Trinajstić information content (AvgIpc) is 3.23. The maximum atomic E-state index is 12.6. The monoisotopic (exact) mass is 437 g/mol. The van der Waals surface area contributed by atoms with Crippen molar-refractivity contribution < 1.29 is 13.2 Å². The molecule has 1 amide bonds.